The number of imide groups is 2. The van der Waals surface area contributed by atoms with Crippen molar-refractivity contribution in [1.82, 2.24) is 5.32 Å². The highest BCUT2D eigenvalue weighted by Crippen LogP contribution is 2.25. The van der Waals surface area contributed by atoms with E-state index in [0.29, 0.717) is 24.4 Å². The summed E-state index contributed by atoms with van der Waals surface area (Å²) in [5.74, 6) is -1.35. The lowest BCUT2D eigenvalue weighted by atomic mass is 9.98. The summed E-state index contributed by atoms with van der Waals surface area (Å²) in [5.41, 5.74) is 1.63. The number of hydrogen-bond acceptors (Lipinski definition) is 3. The van der Waals surface area contributed by atoms with Crippen LogP contribution in [0.3, 0.4) is 0 Å². The van der Waals surface area contributed by atoms with E-state index >= 15 is 0 Å². The van der Waals surface area contributed by atoms with Crippen LogP contribution in [-0.2, 0) is 9.59 Å². The largest absolute Gasteiger partial charge is 0.335 e. The number of carbonyl (C=O) groups excluding carboxylic acids is 3. The van der Waals surface area contributed by atoms with Crippen LogP contribution in [0.2, 0.25) is 0 Å². The second kappa shape index (κ2) is 6.08. The maximum absolute atomic E-state index is 12.4. The first-order chi connectivity index (χ1) is 9.95. The molecule has 1 aromatic rings. The van der Waals surface area contributed by atoms with Gasteiger partial charge >= 0.3 is 6.03 Å². The number of carbonyl (C=O) groups is 3. The van der Waals surface area contributed by atoms with Gasteiger partial charge in [0.2, 0.25) is 11.8 Å². The van der Waals surface area contributed by atoms with Gasteiger partial charge in [-0.15, -0.1) is 0 Å². The van der Waals surface area contributed by atoms with E-state index in [4.69, 9.17) is 0 Å². The number of nitrogens with one attached hydrogen (secondary N) is 1. The van der Waals surface area contributed by atoms with E-state index in [2.05, 4.69) is 19.2 Å². The van der Waals surface area contributed by atoms with Gasteiger partial charge in [0.1, 0.15) is 5.92 Å². The number of benzene rings is 1. The van der Waals surface area contributed by atoms with E-state index in [1.54, 1.807) is 12.1 Å². The predicted octanol–water partition coefficient (Wildman–Crippen LogP) is 2.81. The molecule has 4 amide bonds. The van der Waals surface area contributed by atoms with Crippen molar-refractivity contribution in [2.45, 2.75) is 39.5 Å². The van der Waals surface area contributed by atoms with Gasteiger partial charge in [0, 0.05) is 0 Å². The Kier molecular flexibility index (Phi) is 4.40. The molecule has 1 aromatic carbocycles. The monoisotopic (exact) mass is 288 g/mol. The molecule has 1 fully saturated rings. The van der Waals surface area contributed by atoms with Gasteiger partial charge in [0.15, 0.2) is 0 Å². The van der Waals surface area contributed by atoms with Crippen molar-refractivity contribution in [3.63, 3.8) is 0 Å². The molecule has 0 radical (unpaired) electrons. The first-order valence-corrected chi connectivity index (χ1v) is 7.24. The van der Waals surface area contributed by atoms with E-state index in [-0.39, 0.29) is 0 Å². The number of anilines is 1. The summed E-state index contributed by atoms with van der Waals surface area (Å²) in [5, 5.41) is 2.26. The molecule has 1 heterocycles. The van der Waals surface area contributed by atoms with Gasteiger partial charge in [-0.3, -0.25) is 14.9 Å². The molecule has 1 aliphatic heterocycles. The molecule has 1 unspecified atom stereocenters. The molecule has 0 aliphatic carbocycles. The number of nitrogens with zero attached hydrogens (tertiary/aromatic N) is 1. The van der Waals surface area contributed by atoms with Crippen LogP contribution in [0.4, 0.5) is 10.5 Å². The standard InChI is InChI=1S/C16H20N2O3/c1-4-5-13-14(19)17-16(21)18(15(13)20)12-8-6-11(7-9-12)10(2)3/h6-10,13H,4-5H2,1-3H3,(H,17,19,21). The summed E-state index contributed by atoms with van der Waals surface area (Å²) in [6.07, 6.45) is 1.15. The average Bonchev–Trinajstić information content (AvgIpc) is 2.44. The normalized spacial score (nSPS) is 19.1. The summed E-state index contributed by atoms with van der Waals surface area (Å²) in [6, 6.07) is 6.60. The Morgan fingerprint density at radius 1 is 1.14 bits per heavy atom. The van der Waals surface area contributed by atoms with Crippen LogP contribution in [0.1, 0.15) is 45.1 Å². The van der Waals surface area contributed by atoms with Crippen molar-refractivity contribution in [2.75, 3.05) is 4.90 Å². The van der Waals surface area contributed by atoms with Crippen LogP contribution in [0.25, 0.3) is 0 Å². The van der Waals surface area contributed by atoms with Gasteiger partial charge in [-0.2, -0.15) is 0 Å². The molecule has 1 atom stereocenters. The third-order valence-electron chi connectivity index (χ3n) is 3.66. The van der Waals surface area contributed by atoms with Crippen molar-refractivity contribution < 1.29 is 14.4 Å². The predicted molar refractivity (Wildman–Crippen MR) is 80.0 cm³/mol. The second-order valence-corrected chi connectivity index (χ2v) is 5.56. The molecule has 0 saturated carbocycles. The Hall–Kier alpha value is -2.17. The Bertz CT molecular complexity index is 563. The van der Waals surface area contributed by atoms with Gasteiger partial charge in [0.05, 0.1) is 5.69 Å². The summed E-state index contributed by atoms with van der Waals surface area (Å²) in [6.45, 7) is 6.05. The van der Waals surface area contributed by atoms with Gasteiger partial charge in [-0.25, -0.2) is 9.69 Å². The van der Waals surface area contributed by atoms with Gasteiger partial charge in [-0.1, -0.05) is 39.3 Å². The van der Waals surface area contributed by atoms with Crippen molar-refractivity contribution in [1.29, 1.82) is 0 Å². The van der Waals surface area contributed by atoms with E-state index in [1.165, 1.54) is 0 Å². The van der Waals surface area contributed by atoms with Crippen molar-refractivity contribution in [3.8, 4) is 0 Å². The van der Waals surface area contributed by atoms with E-state index in [9.17, 15) is 14.4 Å². The Labute approximate surface area is 124 Å². The zero-order valence-electron chi connectivity index (χ0n) is 12.6. The van der Waals surface area contributed by atoms with Crippen LogP contribution in [0.15, 0.2) is 24.3 Å². The molecule has 0 spiro atoms. The van der Waals surface area contributed by atoms with Gasteiger partial charge in [0.25, 0.3) is 0 Å². The lowest BCUT2D eigenvalue weighted by Crippen LogP contribution is -2.58. The summed E-state index contributed by atoms with van der Waals surface area (Å²) in [4.78, 5) is 37.2. The molecule has 1 aliphatic rings. The molecule has 0 aromatic heterocycles. The zero-order valence-corrected chi connectivity index (χ0v) is 12.6. The van der Waals surface area contributed by atoms with Crippen molar-refractivity contribution in [2.24, 2.45) is 5.92 Å². The maximum atomic E-state index is 12.4. The van der Waals surface area contributed by atoms with Crippen LogP contribution in [0.5, 0.6) is 0 Å². The second-order valence-electron chi connectivity index (χ2n) is 5.56. The molecule has 1 N–H and O–H groups in total. The number of hydrogen-bond donors (Lipinski definition) is 1. The molecule has 2 rings (SSSR count). The average molecular weight is 288 g/mol. The fourth-order valence-electron chi connectivity index (χ4n) is 2.41. The van der Waals surface area contributed by atoms with E-state index < -0.39 is 23.8 Å². The van der Waals surface area contributed by atoms with E-state index in [1.807, 2.05) is 19.1 Å². The summed E-state index contributed by atoms with van der Waals surface area (Å²) in [7, 11) is 0. The third kappa shape index (κ3) is 2.96. The highest BCUT2D eigenvalue weighted by molar-refractivity contribution is 6.27. The smallest absolute Gasteiger partial charge is 0.277 e. The first-order valence-electron chi connectivity index (χ1n) is 7.24. The first kappa shape index (κ1) is 15.2. The zero-order chi connectivity index (χ0) is 15.6. The Morgan fingerprint density at radius 2 is 1.76 bits per heavy atom. The number of urea groups is 1. The number of amides is 4. The minimum atomic E-state index is -0.780. The summed E-state index contributed by atoms with van der Waals surface area (Å²) < 4.78 is 0. The lowest BCUT2D eigenvalue weighted by Gasteiger charge is -2.30. The molecule has 5 nitrogen and oxygen atoms in total. The molecule has 1 saturated heterocycles. The van der Waals surface area contributed by atoms with E-state index in [0.717, 1.165) is 10.5 Å². The fourth-order valence-corrected chi connectivity index (χ4v) is 2.41. The third-order valence-corrected chi connectivity index (χ3v) is 3.66. The van der Waals surface area contributed by atoms with Crippen LogP contribution >= 0.6 is 0 Å². The topological polar surface area (TPSA) is 66.5 Å². The molecule has 0 bridgehead atoms. The molecular weight excluding hydrogens is 268 g/mol. The maximum Gasteiger partial charge on any atom is 0.335 e. The molecular formula is C16H20N2O3. The number of barbiturate groups is 1. The highest BCUT2D eigenvalue weighted by Gasteiger charge is 2.40. The molecule has 5 heteroatoms. The quantitative estimate of drug-likeness (QED) is 0.866. The number of rotatable bonds is 4. The SMILES string of the molecule is CCCC1C(=O)NC(=O)N(c2ccc(C(C)C)cc2)C1=O. The highest BCUT2D eigenvalue weighted by atomic mass is 16.2. The van der Waals surface area contributed by atoms with Crippen molar-refractivity contribution >= 4 is 23.5 Å². The Balaban J connectivity index is 2.30. The summed E-state index contributed by atoms with van der Waals surface area (Å²) >= 11 is 0. The van der Waals surface area contributed by atoms with Crippen LogP contribution < -0.4 is 10.2 Å². The minimum Gasteiger partial charge on any atom is -0.277 e. The van der Waals surface area contributed by atoms with Crippen LogP contribution in [0, 0.1) is 5.92 Å². The van der Waals surface area contributed by atoms with Crippen molar-refractivity contribution in [3.05, 3.63) is 29.8 Å². The Morgan fingerprint density at radius 3 is 2.29 bits per heavy atom. The minimum absolute atomic E-state index is 0.374. The fraction of sp³-hybridized carbons (Fsp3) is 0.438. The lowest BCUT2D eigenvalue weighted by molar-refractivity contribution is -0.134. The van der Waals surface area contributed by atoms with Gasteiger partial charge in [-0.05, 0) is 30.0 Å². The molecule has 112 valence electrons. The van der Waals surface area contributed by atoms with Gasteiger partial charge < -0.3 is 0 Å². The molecule has 21 heavy (non-hydrogen) atoms. The van der Waals surface area contributed by atoms with Crippen LogP contribution in [-0.4, -0.2) is 17.8 Å².